The van der Waals surface area contributed by atoms with Crippen molar-refractivity contribution < 1.29 is 14.7 Å². The Balaban J connectivity index is 2.49. The first kappa shape index (κ1) is 15.1. The van der Waals surface area contributed by atoms with Gasteiger partial charge in [-0.05, 0) is 30.3 Å². The van der Waals surface area contributed by atoms with E-state index in [4.69, 9.17) is 5.11 Å². The van der Waals surface area contributed by atoms with Gasteiger partial charge >= 0.3 is 12.0 Å². The lowest BCUT2D eigenvalue weighted by molar-refractivity contribution is -0.139. The number of likely N-dealkylation sites (tertiary alicyclic amines) is 1. The zero-order chi connectivity index (χ0) is 13.8. The van der Waals surface area contributed by atoms with Crippen LogP contribution >= 0.6 is 11.8 Å². The molecule has 0 aromatic heterocycles. The third-order valence-corrected chi connectivity index (χ3v) is 3.82. The highest BCUT2D eigenvalue weighted by atomic mass is 32.2. The van der Waals surface area contributed by atoms with Gasteiger partial charge in [0.1, 0.15) is 6.04 Å². The number of carbonyl (C=O) groups is 2. The van der Waals surface area contributed by atoms with Gasteiger partial charge in [0.15, 0.2) is 0 Å². The second-order valence-corrected chi connectivity index (χ2v) is 6.44. The van der Waals surface area contributed by atoms with Gasteiger partial charge in [-0.2, -0.15) is 11.8 Å². The number of amides is 2. The first-order valence-electron chi connectivity index (χ1n) is 6.13. The lowest BCUT2D eigenvalue weighted by Gasteiger charge is -2.22. The monoisotopic (exact) mass is 274 g/mol. The summed E-state index contributed by atoms with van der Waals surface area (Å²) in [5, 5.41) is 11.7. The van der Waals surface area contributed by atoms with Crippen LogP contribution in [0, 0.1) is 5.41 Å². The highest BCUT2D eigenvalue weighted by molar-refractivity contribution is 7.98. The molecule has 1 aliphatic rings. The van der Waals surface area contributed by atoms with Crippen molar-refractivity contribution in [3.63, 3.8) is 0 Å². The molecule has 1 atom stereocenters. The van der Waals surface area contributed by atoms with Gasteiger partial charge in [-0.15, -0.1) is 0 Å². The number of carbonyl (C=O) groups excluding carboxylic acids is 1. The molecule has 0 aromatic rings. The largest absolute Gasteiger partial charge is 0.480 e. The third-order valence-electron chi connectivity index (χ3n) is 3.17. The van der Waals surface area contributed by atoms with E-state index in [0.717, 1.165) is 12.2 Å². The quantitative estimate of drug-likeness (QED) is 0.799. The Morgan fingerprint density at radius 3 is 2.61 bits per heavy atom. The van der Waals surface area contributed by atoms with Crippen LogP contribution in [0.2, 0.25) is 0 Å². The predicted molar refractivity (Wildman–Crippen MR) is 72.9 cm³/mol. The van der Waals surface area contributed by atoms with Gasteiger partial charge in [0.2, 0.25) is 0 Å². The fourth-order valence-electron chi connectivity index (χ4n) is 2.02. The Kier molecular flexibility index (Phi) is 5.31. The van der Waals surface area contributed by atoms with Crippen molar-refractivity contribution in [2.75, 3.05) is 25.1 Å². The molecule has 5 nitrogen and oxygen atoms in total. The number of nitrogens with one attached hydrogen (secondary N) is 1. The van der Waals surface area contributed by atoms with Crippen LogP contribution in [0.5, 0.6) is 0 Å². The van der Waals surface area contributed by atoms with E-state index < -0.39 is 12.0 Å². The topological polar surface area (TPSA) is 69.6 Å². The predicted octanol–water partition coefficient (Wildman–Crippen LogP) is 1.63. The molecule has 1 fully saturated rings. The molecule has 1 rings (SSSR count). The fourth-order valence-corrected chi connectivity index (χ4v) is 2.49. The summed E-state index contributed by atoms with van der Waals surface area (Å²) in [7, 11) is 0. The number of hydrogen-bond acceptors (Lipinski definition) is 3. The summed E-state index contributed by atoms with van der Waals surface area (Å²) >= 11 is 1.58. The van der Waals surface area contributed by atoms with Crippen LogP contribution < -0.4 is 5.32 Å². The van der Waals surface area contributed by atoms with Gasteiger partial charge in [-0.25, -0.2) is 9.59 Å². The number of urea groups is 1. The number of aliphatic carboxylic acids is 1. The molecule has 0 saturated carbocycles. The number of thioether (sulfide) groups is 1. The lowest BCUT2D eigenvalue weighted by Crippen LogP contribution is -2.47. The number of hydrogen-bond donors (Lipinski definition) is 2. The van der Waals surface area contributed by atoms with E-state index in [0.29, 0.717) is 19.5 Å². The van der Waals surface area contributed by atoms with Crippen LogP contribution in [-0.4, -0.2) is 53.1 Å². The first-order valence-corrected chi connectivity index (χ1v) is 7.52. The van der Waals surface area contributed by atoms with Crippen molar-refractivity contribution in [1.29, 1.82) is 0 Å². The Hall–Kier alpha value is -0.910. The van der Waals surface area contributed by atoms with Crippen LogP contribution in [0.25, 0.3) is 0 Å². The minimum Gasteiger partial charge on any atom is -0.480 e. The summed E-state index contributed by atoms with van der Waals surface area (Å²) < 4.78 is 0. The Bertz CT molecular complexity index is 320. The van der Waals surface area contributed by atoms with Gasteiger partial charge in [-0.3, -0.25) is 0 Å². The van der Waals surface area contributed by atoms with Gasteiger partial charge < -0.3 is 15.3 Å². The maximum absolute atomic E-state index is 12.0. The first-order chi connectivity index (χ1) is 8.35. The molecular formula is C12H22N2O3S. The van der Waals surface area contributed by atoms with Gasteiger partial charge in [0.05, 0.1) is 0 Å². The molecule has 18 heavy (non-hydrogen) atoms. The zero-order valence-electron chi connectivity index (χ0n) is 11.2. The fraction of sp³-hybridized carbons (Fsp3) is 0.833. The smallest absolute Gasteiger partial charge is 0.326 e. The van der Waals surface area contributed by atoms with Crippen molar-refractivity contribution in [3.05, 3.63) is 0 Å². The molecule has 0 bridgehead atoms. The molecule has 2 N–H and O–H groups in total. The molecule has 0 spiro atoms. The molecule has 6 heteroatoms. The van der Waals surface area contributed by atoms with Crippen LogP contribution in [0.15, 0.2) is 0 Å². The summed E-state index contributed by atoms with van der Waals surface area (Å²) in [6.07, 6.45) is 3.34. The van der Waals surface area contributed by atoms with E-state index in [1.54, 1.807) is 16.7 Å². The molecule has 1 saturated heterocycles. The third kappa shape index (κ3) is 4.40. The number of carboxylic acid groups (broad SMARTS) is 1. The standard InChI is InChI=1S/C12H22N2O3S/c1-12(2)5-6-14(8-12)11(17)13-9(10(15)16)4-7-18-3/h9H,4-8H2,1-3H3,(H,13,17)(H,15,16)/t9-/m0/s1. The second-order valence-electron chi connectivity index (χ2n) is 5.46. The number of nitrogens with zero attached hydrogens (tertiary/aromatic N) is 1. The molecule has 2 amide bonds. The summed E-state index contributed by atoms with van der Waals surface area (Å²) in [6.45, 7) is 5.62. The van der Waals surface area contributed by atoms with E-state index >= 15 is 0 Å². The molecule has 1 aliphatic heterocycles. The summed E-state index contributed by atoms with van der Waals surface area (Å²) in [5.74, 6) is -0.237. The van der Waals surface area contributed by atoms with Crippen LogP contribution in [0.3, 0.4) is 0 Å². The Labute approximate surface area is 112 Å². The Morgan fingerprint density at radius 1 is 1.50 bits per heavy atom. The Morgan fingerprint density at radius 2 is 2.17 bits per heavy atom. The maximum Gasteiger partial charge on any atom is 0.326 e. The van der Waals surface area contributed by atoms with E-state index in [2.05, 4.69) is 19.2 Å². The van der Waals surface area contributed by atoms with E-state index in [-0.39, 0.29) is 11.4 Å². The van der Waals surface area contributed by atoms with Crippen LogP contribution in [-0.2, 0) is 4.79 Å². The van der Waals surface area contributed by atoms with E-state index in [1.807, 2.05) is 6.26 Å². The van der Waals surface area contributed by atoms with Gasteiger partial charge in [-0.1, -0.05) is 13.8 Å². The average Bonchev–Trinajstić information content (AvgIpc) is 2.64. The average molecular weight is 274 g/mol. The zero-order valence-corrected chi connectivity index (χ0v) is 12.0. The molecule has 0 unspecified atom stereocenters. The highest BCUT2D eigenvalue weighted by Gasteiger charge is 2.33. The molecule has 104 valence electrons. The minimum atomic E-state index is -0.962. The summed E-state index contributed by atoms with van der Waals surface area (Å²) in [6, 6.07) is -1.04. The second kappa shape index (κ2) is 6.31. The minimum absolute atomic E-state index is 0.134. The molecule has 0 aliphatic carbocycles. The van der Waals surface area contributed by atoms with Crippen molar-refractivity contribution in [2.24, 2.45) is 5.41 Å². The summed E-state index contributed by atoms with van der Waals surface area (Å²) in [4.78, 5) is 24.7. The normalized spacial score (nSPS) is 19.6. The van der Waals surface area contributed by atoms with Crippen molar-refractivity contribution >= 4 is 23.8 Å². The molecule has 1 heterocycles. The highest BCUT2D eigenvalue weighted by Crippen LogP contribution is 2.28. The lowest BCUT2D eigenvalue weighted by atomic mass is 9.93. The number of rotatable bonds is 5. The SMILES string of the molecule is CSCC[C@H](NC(=O)N1CCC(C)(C)C1)C(=O)O. The molecular weight excluding hydrogens is 252 g/mol. The van der Waals surface area contributed by atoms with Gasteiger partial charge in [0, 0.05) is 13.1 Å². The summed E-state index contributed by atoms with van der Waals surface area (Å²) in [5.41, 5.74) is 0.134. The number of carboxylic acids is 1. The molecule has 0 aromatic carbocycles. The van der Waals surface area contributed by atoms with Crippen molar-refractivity contribution in [3.8, 4) is 0 Å². The van der Waals surface area contributed by atoms with Crippen molar-refractivity contribution in [2.45, 2.75) is 32.7 Å². The van der Waals surface area contributed by atoms with E-state index in [1.165, 1.54) is 0 Å². The van der Waals surface area contributed by atoms with Crippen LogP contribution in [0.1, 0.15) is 26.7 Å². The van der Waals surface area contributed by atoms with Crippen molar-refractivity contribution in [1.82, 2.24) is 10.2 Å². The van der Waals surface area contributed by atoms with Crippen LogP contribution in [0.4, 0.5) is 4.79 Å². The molecule has 0 radical (unpaired) electrons. The maximum atomic E-state index is 12.0. The van der Waals surface area contributed by atoms with E-state index in [9.17, 15) is 9.59 Å². The van der Waals surface area contributed by atoms with Gasteiger partial charge in [0.25, 0.3) is 0 Å².